The fraction of sp³-hybridized carbons (Fsp3) is 0.278. The quantitative estimate of drug-likeness (QED) is 0.792. The molecule has 1 N–H and O–H groups in total. The number of hydrogen-bond acceptors (Lipinski definition) is 5. The summed E-state index contributed by atoms with van der Waals surface area (Å²) in [7, 11) is 1.79. The average Bonchev–Trinajstić information content (AvgIpc) is 3.09. The van der Waals surface area contributed by atoms with Crippen LogP contribution in [0.1, 0.15) is 40.5 Å². The van der Waals surface area contributed by atoms with Crippen molar-refractivity contribution in [2.24, 2.45) is 7.05 Å². The minimum absolute atomic E-state index is 0.0667. The third kappa shape index (κ3) is 3.13. The van der Waals surface area contributed by atoms with E-state index in [4.69, 9.17) is 4.98 Å². The summed E-state index contributed by atoms with van der Waals surface area (Å²) in [6, 6.07) is 3.72. The SMILES string of the molecule is Cn1cc(C(=O)NC2CCCc3nc(-c4ccncc4)ncc32)cn1. The van der Waals surface area contributed by atoms with Gasteiger partial charge in [-0.25, -0.2) is 9.97 Å². The lowest BCUT2D eigenvalue weighted by molar-refractivity contribution is 0.0932. The van der Waals surface area contributed by atoms with Crippen molar-refractivity contribution in [3.05, 3.63) is 59.9 Å². The minimum Gasteiger partial charge on any atom is -0.345 e. The maximum Gasteiger partial charge on any atom is 0.254 e. The molecule has 3 heterocycles. The zero-order valence-corrected chi connectivity index (χ0v) is 13.9. The third-order valence-electron chi connectivity index (χ3n) is 4.39. The molecule has 1 aliphatic carbocycles. The fourth-order valence-corrected chi connectivity index (χ4v) is 3.12. The van der Waals surface area contributed by atoms with Crippen molar-refractivity contribution < 1.29 is 4.79 Å². The van der Waals surface area contributed by atoms with Crippen LogP contribution < -0.4 is 5.32 Å². The Labute approximate surface area is 145 Å². The second-order valence-corrected chi connectivity index (χ2v) is 6.15. The van der Waals surface area contributed by atoms with Gasteiger partial charge in [0.05, 0.1) is 17.8 Å². The zero-order valence-electron chi connectivity index (χ0n) is 13.9. The van der Waals surface area contributed by atoms with Gasteiger partial charge in [0.1, 0.15) is 0 Å². The molecule has 0 saturated carbocycles. The first-order chi connectivity index (χ1) is 12.2. The molecule has 1 amide bonds. The summed E-state index contributed by atoms with van der Waals surface area (Å²) < 4.78 is 1.62. The fourth-order valence-electron chi connectivity index (χ4n) is 3.12. The van der Waals surface area contributed by atoms with Gasteiger partial charge in [0, 0.05) is 48.7 Å². The predicted octanol–water partition coefficient (Wildman–Crippen LogP) is 2.08. The second kappa shape index (κ2) is 6.43. The molecule has 7 heteroatoms. The first-order valence-electron chi connectivity index (χ1n) is 8.26. The van der Waals surface area contributed by atoms with Gasteiger partial charge in [0.2, 0.25) is 0 Å². The van der Waals surface area contributed by atoms with E-state index in [1.54, 1.807) is 36.5 Å². The second-order valence-electron chi connectivity index (χ2n) is 6.15. The highest BCUT2D eigenvalue weighted by Gasteiger charge is 2.24. The van der Waals surface area contributed by atoms with Crippen LogP contribution in [0.2, 0.25) is 0 Å². The van der Waals surface area contributed by atoms with E-state index in [9.17, 15) is 4.79 Å². The molecule has 0 radical (unpaired) electrons. The number of carbonyl (C=O) groups excluding carboxylic acids is 1. The Kier molecular flexibility index (Phi) is 3.97. The number of aromatic nitrogens is 5. The molecule has 4 rings (SSSR count). The van der Waals surface area contributed by atoms with E-state index in [0.717, 1.165) is 36.1 Å². The van der Waals surface area contributed by atoms with Crippen molar-refractivity contribution >= 4 is 5.91 Å². The van der Waals surface area contributed by atoms with Crippen LogP contribution in [0.25, 0.3) is 11.4 Å². The Hall–Kier alpha value is -3.09. The van der Waals surface area contributed by atoms with E-state index in [0.29, 0.717) is 11.4 Å². The number of nitrogens with one attached hydrogen (secondary N) is 1. The molecule has 126 valence electrons. The molecule has 3 aromatic heterocycles. The van der Waals surface area contributed by atoms with Crippen LogP contribution in [0, 0.1) is 0 Å². The van der Waals surface area contributed by atoms with E-state index in [1.165, 1.54) is 0 Å². The molecule has 0 aliphatic heterocycles. The van der Waals surface area contributed by atoms with Crippen LogP contribution >= 0.6 is 0 Å². The smallest absolute Gasteiger partial charge is 0.254 e. The number of pyridine rings is 1. The normalized spacial score (nSPS) is 16.3. The first-order valence-corrected chi connectivity index (χ1v) is 8.26. The predicted molar refractivity (Wildman–Crippen MR) is 91.6 cm³/mol. The summed E-state index contributed by atoms with van der Waals surface area (Å²) in [6.45, 7) is 0. The number of aryl methyl sites for hydroxylation is 2. The van der Waals surface area contributed by atoms with Crippen molar-refractivity contribution in [3.8, 4) is 11.4 Å². The monoisotopic (exact) mass is 334 g/mol. The van der Waals surface area contributed by atoms with Gasteiger partial charge in [-0.2, -0.15) is 5.10 Å². The summed E-state index contributed by atoms with van der Waals surface area (Å²) >= 11 is 0. The van der Waals surface area contributed by atoms with Gasteiger partial charge >= 0.3 is 0 Å². The number of amides is 1. The molecule has 0 bridgehead atoms. The van der Waals surface area contributed by atoms with E-state index in [1.807, 2.05) is 18.3 Å². The molecule has 3 aromatic rings. The molecule has 0 saturated heterocycles. The Morgan fingerprint density at radius 2 is 2.12 bits per heavy atom. The highest BCUT2D eigenvalue weighted by molar-refractivity contribution is 5.94. The molecule has 25 heavy (non-hydrogen) atoms. The molecule has 1 atom stereocenters. The number of carbonyl (C=O) groups is 1. The Morgan fingerprint density at radius 1 is 1.28 bits per heavy atom. The van der Waals surface area contributed by atoms with Gasteiger partial charge in [0.25, 0.3) is 5.91 Å². The highest BCUT2D eigenvalue weighted by atomic mass is 16.1. The summed E-state index contributed by atoms with van der Waals surface area (Å²) in [6.07, 6.45) is 11.4. The van der Waals surface area contributed by atoms with Gasteiger partial charge in [-0.15, -0.1) is 0 Å². The standard InChI is InChI=1S/C18H18N6O/c1-24-11-13(9-21-24)18(25)23-16-4-2-3-15-14(16)10-20-17(22-15)12-5-7-19-8-6-12/h5-11,16H,2-4H2,1H3,(H,23,25). The van der Waals surface area contributed by atoms with Crippen molar-refractivity contribution in [1.82, 2.24) is 30.0 Å². The Balaban J connectivity index is 1.59. The number of rotatable bonds is 3. The van der Waals surface area contributed by atoms with Crippen LogP contribution in [-0.2, 0) is 13.5 Å². The molecule has 1 aliphatic rings. The first kappa shape index (κ1) is 15.4. The maximum atomic E-state index is 12.4. The Bertz CT molecular complexity index is 905. The van der Waals surface area contributed by atoms with Crippen molar-refractivity contribution in [3.63, 3.8) is 0 Å². The molecule has 0 spiro atoms. The summed E-state index contributed by atoms with van der Waals surface area (Å²) in [5.41, 5.74) is 3.51. The van der Waals surface area contributed by atoms with Crippen LogP contribution in [0.5, 0.6) is 0 Å². The van der Waals surface area contributed by atoms with Crippen LogP contribution in [0.4, 0.5) is 0 Å². The lowest BCUT2D eigenvalue weighted by Gasteiger charge is -2.25. The van der Waals surface area contributed by atoms with Crippen molar-refractivity contribution in [2.45, 2.75) is 25.3 Å². The summed E-state index contributed by atoms with van der Waals surface area (Å²) in [5, 5.41) is 7.13. The maximum absolute atomic E-state index is 12.4. The van der Waals surface area contributed by atoms with Crippen molar-refractivity contribution in [1.29, 1.82) is 0 Å². The minimum atomic E-state index is -0.121. The zero-order chi connectivity index (χ0) is 17.2. The van der Waals surface area contributed by atoms with Crippen molar-refractivity contribution in [2.75, 3.05) is 0 Å². The molecule has 0 aromatic carbocycles. The summed E-state index contributed by atoms with van der Waals surface area (Å²) in [5.74, 6) is 0.574. The van der Waals surface area contributed by atoms with Gasteiger partial charge in [-0.05, 0) is 31.4 Å². The molecular formula is C18H18N6O. The average molecular weight is 334 g/mol. The topological polar surface area (TPSA) is 85.6 Å². The Morgan fingerprint density at radius 3 is 2.88 bits per heavy atom. The van der Waals surface area contributed by atoms with E-state index in [-0.39, 0.29) is 11.9 Å². The number of hydrogen-bond donors (Lipinski definition) is 1. The van der Waals surface area contributed by atoms with E-state index in [2.05, 4.69) is 20.4 Å². The highest BCUT2D eigenvalue weighted by Crippen LogP contribution is 2.29. The van der Waals surface area contributed by atoms with Gasteiger partial charge in [0.15, 0.2) is 5.82 Å². The van der Waals surface area contributed by atoms with E-state index >= 15 is 0 Å². The van der Waals surface area contributed by atoms with Gasteiger partial charge in [-0.1, -0.05) is 0 Å². The summed E-state index contributed by atoms with van der Waals surface area (Å²) in [4.78, 5) is 25.6. The van der Waals surface area contributed by atoms with Crippen LogP contribution in [-0.4, -0.2) is 30.6 Å². The van der Waals surface area contributed by atoms with Gasteiger partial charge < -0.3 is 5.32 Å². The van der Waals surface area contributed by atoms with Crippen LogP contribution in [0.15, 0.2) is 43.1 Å². The molecule has 0 fully saturated rings. The van der Waals surface area contributed by atoms with Crippen LogP contribution in [0.3, 0.4) is 0 Å². The lowest BCUT2D eigenvalue weighted by Crippen LogP contribution is -2.31. The molecule has 1 unspecified atom stereocenters. The number of nitrogens with zero attached hydrogens (tertiary/aromatic N) is 5. The lowest BCUT2D eigenvalue weighted by atomic mass is 9.92. The van der Waals surface area contributed by atoms with E-state index < -0.39 is 0 Å². The largest absolute Gasteiger partial charge is 0.345 e. The van der Waals surface area contributed by atoms with Gasteiger partial charge in [-0.3, -0.25) is 14.5 Å². The third-order valence-corrected chi connectivity index (χ3v) is 4.39. The molecular weight excluding hydrogens is 316 g/mol. The molecule has 7 nitrogen and oxygen atoms in total. The number of fused-ring (bicyclic) bond motifs is 1.